The molecule has 2 heterocycles. The van der Waals surface area contributed by atoms with E-state index in [1.807, 2.05) is 31.2 Å². The molecule has 2 aromatic heterocycles. The first-order valence-electron chi connectivity index (χ1n) is 14.1. The Morgan fingerprint density at radius 2 is 1.51 bits per heavy atom. The number of aromatic hydroxyl groups is 1. The molecule has 2 aromatic carbocycles. The van der Waals surface area contributed by atoms with Gasteiger partial charge >= 0.3 is 0 Å². The van der Waals surface area contributed by atoms with E-state index >= 15 is 0 Å². The molecule has 0 bridgehead atoms. The van der Waals surface area contributed by atoms with Crippen molar-refractivity contribution < 1.29 is 5.11 Å². The zero-order valence-electron chi connectivity index (χ0n) is 23.0. The van der Waals surface area contributed by atoms with E-state index in [4.69, 9.17) is 4.98 Å². The normalized spacial score (nSPS) is 12.5. The molecule has 4 aromatic rings. The van der Waals surface area contributed by atoms with Crippen LogP contribution in [0.3, 0.4) is 0 Å². The highest BCUT2D eigenvalue weighted by Gasteiger charge is 2.17. The minimum absolute atomic E-state index is 0. The minimum Gasteiger partial charge on any atom is -0.505 e. The van der Waals surface area contributed by atoms with Crippen LogP contribution in [0.5, 0.6) is 5.75 Å². The number of anilines is 1. The van der Waals surface area contributed by atoms with Crippen LogP contribution in [0, 0.1) is 6.92 Å². The molecule has 1 aliphatic rings. The van der Waals surface area contributed by atoms with E-state index in [9.17, 15) is 5.11 Å². The Kier molecular flexibility index (Phi) is 12.1. The lowest BCUT2D eigenvalue weighted by molar-refractivity contribution is 0.468. The molecule has 7 heteroatoms. The number of fused-ring (bicyclic) bond motifs is 3. The maximum atomic E-state index is 10.6. The number of pyridine rings is 2. The summed E-state index contributed by atoms with van der Waals surface area (Å²) in [4.78, 5) is 9.45. The van der Waals surface area contributed by atoms with Crippen molar-refractivity contribution in [2.24, 2.45) is 0 Å². The number of phenols is 1. The summed E-state index contributed by atoms with van der Waals surface area (Å²) in [5.41, 5.74) is 7.78. The molecule has 210 valence electrons. The van der Waals surface area contributed by atoms with Crippen molar-refractivity contribution in [2.45, 2.75) is 77.7 Å². The number of nitrogens with zero attached hydrogens (tertiary/aromatic N) is 2. The van der Waals surface area contributed by atoms with Crippen LogP contribution in [0.25, 0.3) is 21.8 Å². The van der Waals surface area contributed by atoms with Crippen LogP contribution in [0.1, 0.15) is 73.9 Å². The van der Waals surface area contributed by atoms with Crippen LogP contribution < -0.4 is 10.6 Å². The topological polar surface area (TPSA) is 70.1 Å². The summed E-state index contributed by atoms with van der Waals surface area (Å²) >= 11 is 0. The first-order valence-corrected chi connectivity index (χ1v) is 14.1. The Bertz CT molecular complexity index is 1360. The average Bonchev–Trinajstić information content (AvgIpc) is 2.92. The Morgan fingerprint density at radius 3 is 2.36 bits per heavy atom. The van der Waals surface area contributed by atoms with Crippen LogP contribution in [0.4, 0.5) is 5.69 Å². The van der Waals surface area contributed by atoms with Crippen LogP contribution in [0.15, 0.2) is 48.5 Å². The summed E-state index contributed by atoms with van der Waals surface area (Å²) in [7, 11) is 0. The molecular weight excluding hydrogens is 527 g/mol. The van der Waals surface area contributed by atoms with Gasteiger partial charge in [0.15, 0.2) is 0 Å². The largest absolute Gasteiger partial charge is 0.505 e. The van der Waals surface area contributed by atoms with Crippen LogP contribution in [0.2, 0.25) is 0 Å². The molecule has 0 saturated carbocycles. The van der Waals surface area contributed by atoms with E-state index in [1.165, 1.54) is 73.7 Å². The predicted octanol–water partition coefficient (Wildman–Crippen LogP) is 8.06. The van der Waals surface area contributed by atoms with E-state index in [2.05, 4.69) is 39.9 Å². The Balaban J connectivity index is 0.00000210. The van der Waals surface area contributed by atoms with Crippen molar-refractivity contribution >= 4 is 52.3 Å². The molecule has 39 heavy (non-hydrogen) atoms. The number of benzene rings is 2. The van der Waals surface area contributed by atoms with Gasteiger partial charge in [-0.25, -0.2) is 4.98 Å². The molecule has 0 radical (unpaired) electrons. The number of hydrogen-bond acceptors (Lipinski definition) is 5. The number of hydrogen-bond donors (Lipinski definition) is 3. The van der Waals surface area contributed by atoms with E-state index in [-0.39, 0.29) is 24.8 Å². The molecule has 3 N–H and O–H groups in total. The fraction of sp³-hybridized carbons (Fsp3) is 0.438. The van der Waals surface area contributed by atoms with Gasteiger partial charge in [-0.15, -0.1) is 24.8 Å². The zero-order valence-corrected chi connectivity index (χ0v) is 24.6. The number of nitrogens with one attached hydrogen (secondary N) is 2. The van der Waals surface area contributed by atoms with Crippen molar-refractivity contribution in [1.82, 2.24) is 15.3 Å². The molecule has 0 aliphatic heterocycles. The standard InChI is InChI=1S/C32H40N4O.2ClH/c1-23-16-17-24-18-19-25(32(37)30(24)35-23)22-33-20-10-4-2-3-5-11-21-34-31-26-12-6-8-14-28(26)36-29-15-9-7-13-27(29)31;;/h6,8,12,14,16-19,33,37H,2-5,7,9-11,13,15,20-22H2,1H3,(H,34,36);2*1H. The van der Waals surface area contributed by atoms with Gasteiger partial charge in [0.2, 0.25) is 0 Å². The Hall–Kier alpha value is -2.60. The molecule has 0 spiro atoms. The average molecular weight is 570 g/mol. The monoisotopic (exact) mass is 568 g/mol. The van der Waals surface area contributed by atoms with E-state index in [1.54, 1.807) is 0 Å². The van der Waals surface area contributed by atoms with Crippen LogP contribution in [-0.4, -0.2) is 28.2 Å². The number of aromatic nitrogens is 2. The van der Waals surface area contributed by atoms with Crippen molar-refractivity contribution in [2.75, 3.05) is 18.4 Å². The highest BCUT2D eigenvalue weighted by molar-refractivity contribution is 5.93. The smallest absolute Gasteiger partial charge is 0.146 e. The van der Waals surface area contributed by atoms with Gasteiger partial charge in [0.25, 0.3) is 0 Å². The third-order valence-electron chi connectivity index (χ3n) is 7.63. The van der Waals surface area contributed by atoms with Gasteiger partial charge in [-0.2, -0.15) is 0 Å². The summed E-state index contributed by atoms with van der Waals surface area (Å²) in [5.74, 6) is 0.308. The maximum Gasteiger partial charge on any atom is 0.146 e. The maximum absolute atomic E-state index is 10.6. The number of halogens is 2. The summed E-state index contributed by atoms with van der Waals surface area (Å²) in [6.45, 7) is 4.64. The van der Waals surface area contributed by atoms with Crippen molar-refractivity contribution in [1.29, 1.82) is 0 Å². The van der Waals surface area contributed by atoms with Crippen molar-refractivity contribution in [3.8, 4) is 5.75 Å². The number of para-hydroxylation sites is 1. The molecule has 0 amide bonds. The second-order valence-corrected chi connectivity index (χ2v) is 10.5. The number of rotatable bonds is 12. The number of phenolic OH excluding ortho intramolecular Hbond substituents is 1. The SMILES string of the molecule is Cc1ccc2ccc(CNCCCCCCCCNc3c4c(nc5ccccc35)CCCC4)c(O)c2n1.Cl.Cl. The van der Waals surface area contributed by atoms with Crippen LogP contribution >= 0.6 is 24.8 Å². The summed E-state index contributed by atoms with van der Waals surface area (Å²) < 4.78 is 0. The lowest BCUT2D eigenvalue weighted by atomic mass is 9.92. The highest BCUT2D eigenvalue weighted by atomic mass is 35.5. The van der Waals surface area contributed by atoms with E-state index in [0.717, 1.165) is 48.1 Å². The third-order valence-corrected chi connectivity index (χ3v) is 7.63. The third kappa shape index (κ3) is 7.75. The highest BCUT2D eigenvalue weighted by Crippen LogP contribution is 2.33. The van der Waals surface area contributed by atoms with Gasteiger partial charge in [0.05, 0.1) is 5.52 Å². The fourth-order valence-corrected chi connectivity index (χ4v) is 5.55. The Labute approximate surface area is 245 Å². The first kappa shape index (κ1) is 30.9. The number of aryl methyl sites for hydroxylation is 2. The molecule has 0 unspecified atom stereocenters. The fourth-order valence-electron chi connectivity index (χ4n) is 5.55. The van der Waals surface area contributed by atoms with Gasteiger partial charge in [-0.1, -0.05) is 62.1 Å². The lowest BCUT2D eigenvalue weighted by Gasteiger charge is -2.21. The predicted molar refractivity (Wildman–Crippen MR) is 169 cm³/mol. The quantitative estimate of drug-likeness (QED) is 0.151. The van der Waals surface area contributed by atoms with Gasteiger partial charge in [-0.3, -0.25) is 4.98 Å². The van der Waals surface area contributed by atoms with Crippen LogP contribution in [-0.2, 0) is 19.4 Å². The minimum atomic E-state index is 0. The second kappa shape index (κ2) is 15.3. The molecule has 0 fully saturated rings. The number of unbranched alkanes of at least 4 members (excludes halogenated alkanes) is 5. The molecule has 5 rings (SSSR count). The zero-order chi connectivity index (χ0) is 25.5. The van der Waals surface area contributed by atoms with Gasteiger partial charge in [-0.05, 0) is 69.7 Å². The second-order valence-electron chi connectivity index (χ2n) is 10.5. The van der Waals surface area contributed by atoms with E-state index in [0.29, 0.717) is 17.8 Å². The molecule has 0 saturated heterocycles. The van der Waals surface area contributed by atoms with Crippen molar-refractivity contribution in [3.63, 3.8) is 0 Å². The van der Waals surface area contributed by atoms with Gasteiger partial charge < -0.3 is 15.7 Å². The van der Waals surface area contributed by atoms with Gasteiger partial charge in [0.1, 0.15) is 11.3 Å². The summed E-state index contributed by atoms with van der Waals surface area (Å²) in [6, 6.07) is 16.6. The molecule has 5 nitrogen and oxygen atoms in total. The lowest BCUT2D eigenvalue weighted by Crippen LogP contribution is -2.14. The summed E-state index contributed by atoms with van der Waals surface area (Å²) in [5, 5.41) is 20.1. The Morgan fingerprint density at radius 1 is 0.795 bits per heavy atom. The van der Waals surface area contributed by atoms with Gasteiger partial charge in [0, 0.05) is 46.5 Å². The summed E-state index contributed by atoms with van der Waals surface area (Å²) in [6.07, 6.45) is 12.2. The molecule has 1 aliphatic carbocycles. The van der Waals surface area contributed by atoms with E-state index < -0.39 is 0 Å². The first-order chi connectivity index (χ1) is 18.2. The van der Waals surface area contributed by atoms with Crippen molar-refractivity contribution in [3.05, 3.63) is 71.0 Å². The molecular formula is C32H42Cl2N4O. The molecule has 0 atom stereocenters.